The maximum atomic E-state index is 13.6. The standard InChI is InChI=1S/C13H17ClFN/c14-10-11-12(15)6-5-7-13(11)16-8-3-1-2-4-9-16/h5-7H,1-4,8-10H2. The summed E-state index contributed by atoms with van der Waals surface area (Å²) in [6, 6.07) is 5.23. The van der Waals surface area contributed by atoms with E-state index in [1.165, 1.54) is 31.7 Å². The molecule has 1 fully saturated rings. The van der Waals surface area contributed by atoms with E-state index >= 15 is 0 Å². The minimum Gasteiger partial charge on any atom is -0.371 e. The fraction of sp³-hybridized carbons (Fsp3) is 0.538. The second kappa shape index (κ2) is 5.53. The molecular weight excluding hydrogens is 225 g/mol. The van der Waals surface area contributed by atoms with Gasteiger partial charge in [-0.25, -0.2) is 4.39 Å². The number of benzene rings is 1. The van der Waals surface area contributed by atoms with Gasteiger partial charge < -0.3 is 4.90 Å². The van der Waals surface area contributed by atoms with Crippen molar-refractivity contribution in [3.63, 3.8) is 0 Å². The molecule has 0 radical (unpaired) electrons. The van der Waals surface area contributed by atoms with Crippen molar-refractivity contribution >= 4 is 17.3 Å². The molecule has 88 valence electrons. The highest BCUT2D eigenvalue weighted by Crippen LogP contribution is 2.27. The number of alkyl halides is 1. The number of anilines is 1. The SMILES string of the molecule is Fc1cccc(N2CCCCCC2)c1CCl. The Morgan fingerprint density at radius 2 is 1.81 bits per heavy atom. The van der Waals surface area contributed by atoms with Crippen LogP contribution in [0, 0.1) is 5.82 Å². The largest absolute Gasteiger partial charge is 0.371 e. The number of hydrogen-bond donors (Lipinski definition) is 0. The summed E-state index contributed by atoms with van der Waals surface area (Å²) in [6.45, 7) is 2.04. The third-order valence-electron chi connectivity index (χ3n) is 3.17. The van der Waals surface area contributed by atoms with Crippen molar-refractivity contribution in [2.24, 2.45) is 0 Å². The maximum absolute atomic E-state index is 13.6. The Balaban J connectivity index is 2.27. The van der Waals surface area contributed by atoms with Crippen LogP contribution in [0.1, 0.15) is 31.2 Å². The fourth-order valence-electron chi connectivity index (χ4n) is 2.29. The number of hydrogen-bond acceptors (Lipinski definition) is 1. The number of rotatable bonds is 2. The second-order valence-corrected chi connectivity index (χ2v) is 4.54. The molecule has 1 aliphatic rings. The van der Waals surface area contributed by atoms with Crippen LogP contribution in [0.15, 0.2) is 18.2 Å². The molecule has 0 aliphatic carbocycles. The van der Waals surface area contributed by atoms with Gasteiger partial charge in [0.2, 0.25) is 0 Å². The third kappa shape index (κ3) is 2.49. The summed E-state index contributed by atoms with van der Waals surface area (Å²) >= 11 is 5.83. The predicted molar refractivity (Wildman–Crippen MR) is 66.6 cm³/mol. The summed E-state index contributed by atoms with van der Waals surface area (Å²) in [6.07, 6.45) is 4.94. The molecule has 0 atom stereocenters. The van der Waals surface area contributed by atoms with E-state index < -0.39 is 0 Å². The number of nitrogens with zero attached hydrogens (tertiary/aromatic N) is 1. The van der Waals surface area contributed by atoms with Crippen LogP contribution in [0.25, 0.3) is 0 Å². The Morgan fingerprint density at radius 1 is 1.12 bits per heavy atom. The predicted octanol–water partition coefficient (Wildman–Crippen LogP) is 3.94. The van der Waals surface area contributed by atoms with Crippen molar-refractivity contribution in [1.82, 2.24) is 0 Å². The van der Waals surface area contributed by atoms with Crippen LogP contribution in [0.5, 0.6) is 0 Å². The van der Waals surface area contributed by atoms with Gasteiger partial charge in [-0.05, 0) is 25.0 Å². The Bertz CT molecular complexity index is 346. The second-order valence-electron chi connectivity index (χ2n) is 4.27. The van der Waals surface area contributed by atoms with E-state index in [-0.39, 0.29) is 11.7 Å². The first-order valence-corrected chi connectivity index (χ1v) is 6.44. The zero-order chi connectivity index (χ0) is 11.4. The molecule has 0 N–H and O–H groups in total. The van der Waals surface area contributed by atoms with E-state index in [2.05, 4.69) is 4.90 Å². The van der Waals surface area contributed by atoms with E-state index in [1.54, 1.807) is 6.07 Å². The maximum Gasteiger partial charge on any atom is 0.129 e. The van der Waals surface area contributed by atoms with Gasteiger partial charge >= 0.3 is 0 Å². The van der Waals surface area contributed by atoms with Crippen LogP contribution in [-0.2, 0) is 5.88 Å². The molecule has 0 saturated carbocycles. The summed E-state index contributed by atoms with van der Waals surface area (Å²) in [4.78, 5) is 2.27. The molecule has 1 aliphatic heterocycles. The normalized spacial score (nSPS) is 17.2. The summed E-state index contributed by atoms with van der Waals surface area (Å²) in [5, 5.41) is 0. The molecule has 1 aromatic rings. The quantitative estimate of drug-likeness (QED) is 0.709. The third-order valence-corrected chi connectivity index (χ3v) is 3.44. The lowest BCUT2D eigenvalue weighted by Gasteiger charge is -2.25. The Morgan fingerprint density at radius 3 is 2.44 bits per heavy atom. The first kappa shape index (κ1) is 11.7. The molecule has 0 aromatic heterocycles. The van der Waals surface area contributed by atoms with Gasteiger partial charge in [0.1, 0.15) is 5.82 Å². The molecule has 1 nitrogen and oxygen atoms in total. The van der Waals surface area contributed by atoms with Gasteiger partial charge in [0.05, 0.1) is 5.88 Å². The molecule has 0 amide bonds. The van der Waals surface area contributed by atoms with E-state index in [0.717, 1.165) is 18.8 Å². The lowest BCUT2D eigenvalue weighted by molar-refractivity contribution is 0.615. The Kier molecular flexibility index (Phi) is 4.05. The van der Waals surface area contributed by atoms with Gasteiger partial charge in [-0.3, -0.25) is 0 Å². The summed E-state index contributed by atoms with van der Waals surface area (Å²) in [5.41, 5.74) is 1.63. The summed E-state index contributed by atoms with van der Waals surface area (Å²) in [7, 11) is 0. The average Bonchev–Trinajstić information content (AvgIpc) is 2.57. The van der Waals surface area contributed by atoms with Gasteiger partial charge in [-0.2, -0.15) is 0 Å². The zero-order valence-electron chi connectivity index (χ0n) is 9.38. The molecule has 0 bridgehead atoms. The molecule has 16 heavy (non-hydrogen) atoms. The summed E-state index contributed by atoms with van der Waals surface area (Å²) < 4.78 is 13.6. The minimum atomic E-state index is -0.184. The first-order chi connectivity index (χ1) is 7.83. The Labute approximate surface area is 101 Å². The van der Waals surface area contributed by atoms with Crippen LogP contribution in [-0.4, -0.2) is 13.1 Å². The van der Waals surface area contributed by atoms with Gasteiger partial charge in [0, 0.05) is 24.3 Å². The van der Waals surface area contributed by atoms with Crippen molar-refractivity contribution in [2.45, 2.75) is 31.6 Å². The van der Waals surface area contributed by atoms with Crippen LogP contribution >= 0.6 is 11.6 Å². The first-order valence-electron chi connectivity index (χ1n) is 5.91. The number of halogens is 2. The van der Waals surface area contributed by atoms with Crippen molar-refractivity contribution in [1.29, 1.82) is 0 Å². The lowest BCUT2D eigenvalue weighted by atomic mass is 10.1. The van der Waals surface area contributed by atoms with Gasteiger partial charge in [0.15, 0.2) is 0 Å². The van der Waals surface area contributed by atoms with E-state index in [9.17, 15) is 4.39 Å². The van der Waals surface area contributed by atoms with Crippen molar-refractivity contribution in [3.8, 4) is 0 Å². The van der Waals surface area contributed by atoms with Crippen LogP contribution < -0.4 is 4.90 Å². The summed E-state index contributed by atoms with van der Waals surface area (Å²) in [5.74, 6) is 0.0650. The molecule has 1 heterocycles. The molecule has 0 unspecified atom stereocenters. The van der Waals surface area contributed by atoms with E-state index in [4.69, 9.17) is 11.6 Å². The van der Waals surface area contributed by atoms with Gasteiger partial charge in [-0.1, -0.05) is 18.9 Å². The average molecular weight is 242 g/mol. The van der Waals surface area contributed by atoms with Crippen molar-refractivity contribution in [2.75, 3.05) is 18.0 Å². The molecule has 2 rings (SSSR count). The molecular formula is C13H17ClFN. The fourth-order valence-corrected chi connectivity index (χ4v) is 2.55. The zero-order valence-corrected chi connectivity index (χ0v) is 10.1. The lowest BCUT2D eigenvalue weighted by Crippen LogP contribution is -2.25. The van der Waals surface area contributed by atoms with E-state index in [0.29, 0.717) is 5.56 Å². The highest BCUT2D eigenvalue weighted by molar-refractivity contribution is 6.17. The van der Waals surface area contributed by atoms with Gasteiger partial charge in [-0.15, -0.1) is 11.6 Å². The van der Waals surface area contributed by atoms with Crippen molar-refractivity contribution in [3.05, 3.63) is 29.6 Å². The molecule has 3 heteroatoms. The smallest absolute Gasteiger partial charge is 0.129 e. The van der Waals surface area contributed by atoms with Crippen LogP contribution in [0.3, 0.4) is 0 Å². The van der Waals surface area contributed by atoms with E-state index in [1.807, 2.05) is 6.07 Å². The molecule has 0 spiro atoms. The highest BCUT2D eigenvalue weighted by Gasteiger charge is 2.15. The monoisotopic (exact) mass is 241 g/mol. The van der Waals surface area contributed by atoms with Gasteiger partial charge in [0.25, 0.3) is 0 Å². The molecule has 1 saturated heterocycles. The highest BCUT2D eigenvalue weighted by atomic mass is 35.5. The molecule has 1 aromatic carbocycles. The van der Waals surface area contributed by atoms with Crippen molar-refractivity contribution < 1.29 is 4.39 Å². The Hall–Kier alpha value is -0.760. The van der Waals surface area contributed by atoms with Crippen LogP contribution in [0.2, 0.25) is 0 Å². The van der Waals surface area contributed by atoms with Crippen LogP contribution in [0.4, 0.5) is 10.1 Å². The minimum absolute atomic E-state index is 0.184. The topological polar surface area (TPSA) is 3.24 Å².